The second-order valence-electron chi connectivity index (χ2n) is 7.65. The number of aromatic nitrogens is 2. The zero-order valence-corrected chi connectivity index (χ0v) is 21.0. The molecule has 1 heterocycles. The van der Waals surface area contributed by atoms with Crippen molar-refractivity contribution in [2.45, 2.75) is 6.92 Å². The van der Waals surface area contributed by atoms with E-state index in [0.717, 1.165) is 5.56 Å². The summed E-state index contributed by atoms with van der Waals surface area (Å²) in [5, 5.41) is 12.5. The lowest BCUT2D eigenvalue weighted by Crippen LogP contribution is -2.20. The monoisotopic (exact) mass is 582 g/mol. The van der Waals surface area contributed by atoms with E-state index in [-0.39, 0.29) is 18.1 Å². The maximum atomic E-state index is 13.5. The van der Waals surface area contributed by atoms with Crippen molar-refractivity contribution in [3.63, 3.8) is 0 Å². The average Bonchev–Trinajstić information content (AvgIpc) is 3.26. The third kappa shape index (κ3) is 5.78. The second-order valence-corrected chi connectivity index (χ2v) is 8.82. The number of nitrogens with one attached hydrogen (secondary N) is 2. The number of rotatable bonds is 7. The number of nitriles is 1. The van der Waals surface area contributed by atoms with Gasteiger partial charge in [0.05, 0.1) is 27.3 Å². The van der Waals surface area contributed by atoms with Gasteiger partial charge in [0.15, 0.2) is 18.1 Å². The molecule has 0 aliphatic rings. The Hall–Kier alpha value is -3.91. The Morgan fingerprint density at radius 3 is 2.71 bits per heavy atom. The lowest BCUT2D eigenvalue weighted by Gasteiger charge is -2.14. The topological polar surface area (TPSA) is 100 Å². The van der Waals surface area contributed by atoms with Crippen LogP contribution in [0.25, 0.3) is 22.7 Å². The van der Waals surface area contributed by atoms with Crippen molar-refractivity contribution in [2.75, 3.05) is 19.0 Å². The number of carbonyl (C=O) groups is 1. The Balaban J connectivity index is 1.54. The molecule has 4 aromatic rings. The molecule has 7 nitrogen and oxygen atoms in total. The van der Waals surface area contributed by atoms with Crippen molar-refractivity contribution in [1.29, 1.82) is 5.26 Å². The van der Waals surface area contributed by atoms with Crippen LogP contribution in [-0.2, 0) is 4.79 Å². The quantitative estimate of drug-likeness (QED) is 0.215. The molecule has 0 spiro atoms. The lowest BCUT2D eigenvalue weighted by molar-refractivity contribution is -0.118. The number of anilines is 1. The van der Waals surface area contributed by atoms with Crippen molar-refractivity contribution < 1.29 is 18.7 Å². The zero-order valence-electron chi connectivity index (χ0n) is 18.9. The van der Waals surface area contributed by atoms with Crippen LogP contribution in [0.5, 0.6) is 11.5 Å². The van der Waals surface area contributed by atoms with Crippen LogP contribution >= 0.6 is 22.6 Å². The van der Waals surface area contributed by atoms with E-state index in [2.05, 4.69) is 43.9 Å². The van der Waals surface area contributed by atoms with Crippen LogP contribution in [0, 0.1) is 27.6 Å². The number of aromatic amines is 1. The largest absolute Gasteiger partial charge is 0.493 e. The fraction of sp³-hybridized carbons (Fsp3) is 0.115. The number of halogens is 2. The SMILES string of the molecule is COc1cc(/C=C(/C#N)c2nc3ccc(F)cc3[nH]2)cc(I)c1OCC(=O)Nc1ccc(C)cc1. The molecule has 0 bridgehead atoms. The van der Waals surface area contributed by atoms with Gasteiger partial charge in [0.1, 0.15) is 17.7 Å². The summed E-state index contributed by atoms with van der Waals surface area (Å²) in [5.41, 5.74) is 3.78. The number of H-pyrrole nitrogens is 1. The number of hydrogen-bond acceptors (Lipinski definition) is 5. The number of ether oxygens (including phenoxy) is 2. The molecule has 35 heavy (non-hydrogen) atoms. The molecule has 3 aromatic carbocycles. The molecule has 0 atom stereocenters. The number of aryl methyl sites for hydroxylation is 1. The van der Waals surface area contributed by atoms with Gasteiger partial charge in [0, 0.05) is 5.69 Å². The number of hydrogen-bond donors (Lipinski definition) is 2. The standard InChI is InChI=1S/C26H20FIN4O3/c1-15-3-6-19(7-4-15)30-24(33)14-35-25-20(28)10-16(11-23(25)34-2)9-17(13-29)26-31-21-8-5-18(27)12-22(21)32-26/h3-12H,14H2,1-2H3,(H,30,33)(H,31,32)/b17-9-. The first-order valence-corrected chi connectivity index (χ1v) is 11.6. The van der Waals surface area contributed by atoms with Gasteiger partial charge in [0.25, 0.3) is 5.91 Å². The molecule has 4 rings (SSSR count). The molecule has 0 aliphatic heterocycles. The van der Waals surface area contributed by atoms with E-state index in [4.69, 9.17) is 9.47 Å². The van der Waals surface area contributed by atoms with Crippen LogP contribution in [0.3, 0.4) is 0 Å². The smallest absolute Gasteiger partial charge is 0.262 e. The summed E-state index contributed by atoms with van der Waals surface area (Å²) in [6.45, 7) is 1.77. The minimum absolute atomic E-state index is 0.200. The van der Waals surface area contributed by atoms with E-state index in [0.29, 0.717) is 43.2 Å². The number of carbonyl (C=O) groups excluding carboxylic acids is 1. The summed E-state index contributed by atoms with van der Waals surface area (Å²) < 4.78 is 25.4. The minimum atomic E-state index is -0.391. The van der Waals surface area contributed by atoms with Crippen LogP contribution in [0.2, 0.25) is 0 Å². The van der Waals surface area contributed by atoms with Gasteiger partial charge >= 0.3 is 0 Å². The Labute approximate surface area is 214 Å². The molecule has 0 saturated carbocycles. The van der Waals surface area contributed by atoms with Crippen LogP contribution in [0.1, 0.15) is 17.0 Å². The van der Waals surface area contributed by atoms with Gasteiger partial charge in [-0.3, -0.25) is 4.79 Å². The molecule has 0 aliphatic carbocycles. The predicted molar refractivity (Wildman–Crippen MR) is 141 cm³/mol. The minimum Gasteiger partial charge on any atom is -0.493 e. The normalized spacial score (nSPS) is 11.2. The van der Waals surface area contributed by atoms with Gasteiger partial charge in [-0.25, -0.2) is 9.37 Å². The molecule has 1 amide bonds. The summed E-state index contributed by atoms with van der Waals surface area (Å²) >= 11 is 2.08. The highest BCUT2D eigenvalue weighted by Crippen LogP contribution is 2.35. The highest BCUT2D eigenvalue weighted by atomic mass is 127. The number of nitrogens with zero attached hydrogens (tertiary/aromatic N) is 2. The Bertz CT molecular complexity index is 1470. The van der Waals surface area contributed by atoms with Crippen LogP contribution in [0.15, 0.2) is 54.6 Å². The van der Waals surface area contributed by atoms with E-state index in [9.17, 15) is 14.4 Å². The Kier molecular flexibility index (Phi) is 7.31. The van der Waals surface area contributed by atoms with E-state index < -0.39 is 5.82 Å². The van der Waals surface area contributed by atoms with E-state index in [1.54, 1.807) is 24.3 Å². The fourth-order valence-electron chi connectivity index (χ4n) is 3.36. The third-order valence-electron chi connectivity index (χ3n) is 5.07. The lowest BCUT2D eigenvalue weighted by atomic mass is 10.1. The number of allylic oxidation sites excluding steroid dienone is 1. The number of methoxy groups -OCH3 is 1. The van der Waals surface area contributed by atoms with E-state index in [1.807, 2.05) is 31.2 Å². The molecule has 1 aromatic heterocycles. The Morgan fingerprint density at radius 1 is 1.23 bits per heavy atom. The molecular formula is C26H20FIN4O3. The summed E-state index contributed by atoms with van der Waals surface area (Å²) in [5.74, 6) is 0.467. The van der Waals surface area contributed by atoms with Gasteiger partial charge in [-0.15, -0.1) is 0 Å². The van der Waals surface area contributed by atoms with Crippen molar-refractivity contribution >= 4 is 56.9 Å². The summed E-state index contributed by atoms with van der Waals surface area (Å²) in [6.07, 6.45) is 1.65. The highest BCUT2D eigenvalue weighted by Gasteiger charge is 2.15. The fourth-order valence-corrected chi connectivity index (χ4v) is 4.15. The zero-order chi connectivity index (χ0) is 24.9. The van der Waals surface area contributed by atoms with Crippen molar-refractivity contribution in [2.24, 2.45) is 0 Å². The van der Waals surface area contributed by atoms with E-state index >= 15 is 0 Å². The second kappa shape index (κ2) is 10.6. The molecule has 0 fully saturated rings. The number of imidazole rings is 1. The van der Waals surface area contributed by atoms with Crippen LogP contribution in [-0.4, -0.2) is 29.6 Å². The molecule has 9 heteroatoms. The van der Waals surface area contributed by atoms with Gasteiger partial charge in [0.2, 0.25) is 0 Å². The molecule has 0 saturated heterocycles. The van der Waals surface area contributed by atoms with Crippen molar-refractivity contribution in [1.82, 2.24) is 9.97 Å². The first-order chi connectivity index (χ1) is 16.9. The molecule has 176 valence electrons. The van der Waals surface area contributed by atoms with Gasteiger partial charge in [-0.2, -0.15) is 5.26 Å². The number of fused-ring (bicyclic) bond motifs is 1. The summed E-state index contributed by atoms with van der Waals surface area (Å²) in [6, 6.07) is 17.3. The van der Waals surface area contributed by atoms with Crippen LogP contribution in [0.4, 0.5) is 10.1 Å². The molecular weight excluding hydrogens is 562 g/mol. The Morgan fingerprint density at radius 2 is 2.00 bits per heavy atom. The molecule has 0 radical (unpaired) electrons. The van der Waals surface area contributed by atoms with Crippen LogP contribution < -0.4 is 14.8 Å². The summed E-state index contributed by atoms with van der Waals surface area (Å²) in [7, 11) is 1.50. The van der Waals surface area contributed by atoms with Crippen molar-refractivity contribution in [3.8, 4) is 17.6 Å². The molecule has 2 N–H and O–H groups in total. The first-order valence-electron chi connectivity index (χ1n) is 10.5. The van der Waals surface area contributed by atoms with E-state index in [1.165, 1.54) is 19.2 Å². The first kappa shape index (κ1) is 24.2. The third-order valence-corrected chi connectivity index (χ3v) is 5.87. The molecule has 0 unspecified atom stereocenters. The summed E-state index contributed by atoms with van der Waals surface area (Å²) in [4.78, 5) is 19.7. The maximum Gasteiger partial charge on any atom is 0.262 e. The van der Waals surface area contributed by atoms with Gasteiger partial charge in [-0.05, 0) is 83.6 Å². The van der Waals surface area contributed by atoms with Gasteiger partial charge in [-0.1, -0.05) is 17.7 Å². The highest BCUT2D eigenvalue weighted by molar-refractivity contribution is 14.1. The predicted octanol–water partition coefficient (Wildman–Crippen LogP) is 5.71. The maximum absolute atomic E-state index is 13.5. The van der Waals surface area contributed by atoms with Crippen molar-refractivity contribution in [3.05, 3.63) is 80.9 Å². The average molecular weight is 582 g/mol. The number of amides is 1. The number of benzene rings is 3. The van der Waals surface area contributed by atoms with Gasteiger partial charge < -0.3 is 19.8 Å².